The summed E-state index contributed by atoms with van der Waals surface area (Å²) in [6, 6.07) is 16.3. The van der Waals surface area contributed by atoms with Crippen LogP contribution in [0.2, 0.25) is 5.02 Å². The number of ether oxygens (including phenoxy) is 1. The highest BCUT2D eigenvalue weighted by Crippen LogP contribution is 2.47. The zero-order chi connectivity index (χ0) is 20.2. The highest BCUT2D eigenvalue weighted by molar-refractivity contribution is 7.90. The lowest BCUT2D eigenvalue weighted by atomic mass is 9.99. The molecule has 8 heteroatoms. The number of fused-ring (bicyclic) bond motifs is 1. The number of carbonyl (C=O) groups excluding carboxylic acids is 1. The molecule has 2 aromatic carbocycles. The van der Waals surface area contributed by atoms with Crippen LogP contribution in [0.25, 0.3) is 0 Å². The molecule has 3 aliphatic heterocycles. The fourth-order valence-corrected chi connectivity index (χ4v) is 7.35. The van der Waals surface area contributed by atoms with E-state index in [2.05, 4.69) is 0 Å². The lowest BCUT2D eigenvalue weighted by Gasteiger charge is -2.39. The maximum absolute atomic E-state index is 13.3. The van der Waals surface area contributed by atoms with Crippen LogP contribution in [-0.4, -0.2) is 60.1 Å². The Morgan fingerprint density at radius 3 is 2.69 bits per heavy atom. The second-order valence-corrected chi connectivity index (χ2v) is 10.6. The monoisotopic (exact) mass is 432 g/mol. The zero-order valence-electron chi connectivity index (χ0n) is 15.7. The van der Waals surface area contributed by atoms with Gasteiger partial charge in [0.15, 0.2) is 0 Å². The van der Waals surface area contributed by atoms with Gasteiger partial charge in [-0.3, -0.25) is 4.79 Å². The molecule has 1 spiro atoms. The quantitative estimate of drug-likeness (QED) is 0.747. The van der Waals surface area contributed by atoms with Crippen molar-refractivity contribution in [1.82, 2.24) is 9.21 Å². The zero-order valence-corrected chi connectivity index (χ0v) is 17.3. The van der Waals surface area contributed by atoms with Crippen molar-refractivity contribution in [3.63, 3.8) is 0 Å². The van der Waals surface area contributed by atoms with Gasteiger partial charge in [-0.05, 0) is 36.2 Å². The molecule has 3 fully saturated rings. The van der Waals surface area contributed by atoms with Crippen molar-refractivity contribution in [3.8, 4) is 0 Å². The molecule has 1 amide bonds. The Labute approximate surface area is 175 Å². The Hall–Kier alpha value is -1.93. The molecule has 5 rings (SSSR count). The van der Waals surface area contributed by atoms with Crippen LogP contribution >= 0.6 is 11.6 Å². The number of halogens is 1. The van der Waals surface area contributed by atoms with E-state index in [9.17, 15) is 13.2 Å². The van der Waals surface area contributed by atoms with E-state index in [-0.39, 0.29) is 31.6 Å². The summed E-state index contributed by atoms with van der Waals surface area (Å²) in [5.41, 5.74) is 0.575. The molecule has 2 aromatic rings. The number of benzene rings is 2. The molecule has 0 radical (unpaired) electrons. The van der Waals surface area contributed by atoms with Gasteiger partial charge in [-0.1, -0.05) is 41.9 Å². The Morgan fingerprint density at radius 1 is 1.14 bits per heavy atom. The number of likely N-dealkylation sites (tertiary alicyclic amines) is 1. The van der Waals surface area contributed by atoms with Crippen LogP contribution in [-0.2, 0) is 21.3 Å². The smallest absolute Gasteiger partial charge is 0.254 e. The molecule has 2 bridgehead atoms. The Kier molecular flexibility index (Phi) is 4.47. The van der Waals surface area contributed by atoms with Crippen molar-refractivity contribution in [3.05, 3.63) is 70.7 Å². The minimum absolute atomic E-state index is 0.0791. The molecule has 3 aliphatic rings. The van der Waals surface area contributed by atoms with E-state index in [1.54, 1.807) is 29.2 Å². The Balaban J connectivity index is 1.41. The summed E-state index contributed by atoms with van der Waals surface area (Å²) in [6.45, 7) is 1.21. The predicted octanol–water partition coefficient (Wildman–Crippen LogP) is 2.54. The number of nitrogens with zero attached hydrogens (tertiary/aromatic N) is 2. The lowest BCUT2D eigenvalue weighted by molar-refractivity contribution is -0.0980. The van der Waals surface area contributed by atoms with E-state index in [1.807, 2.05) is 30.3 Å². The van der Waals surface area contributed by atoms with Crippen molar-refractivity contribution >= 4 is 27.5 Å². The third kappa shape index (κ3) is 3.17. The first-order chi connectivity index (χ1) is 13.9. The van der Waals surface area contributed by atoms with Crippen molar-refractivity contribution in [2.75, 3.05) is 19.6 Å². The molecule has 0 aliphatic carbocycles. The first-order valence-corrected chi connectivity index (χ1v) is 11.5. The van der Waals surface area contributed by atoms with Crippen molar-refractivity contribution < 1.29 is 17.9 Å². The lowest BCUT2D eigenvalue weighted by Crippen LogP contribution is -2.56. The second kappa shape index (κ2) is 6.80. The molecule has 0 saturated carbocycles. The van der Waals surface area contributed by atoms with E-state index in [0.717, 1.165) is 5.56 Å². The molecule has 0 N–H and O–H groups in total. The van der Waals surface area contributed by atoms with Gasteiger partial charge in [0.25, 0.3) is 5.91 Å². The molecule has 3 saturated heterocycles. The molecule has 3 atom stereocenters. The number of carbonyl (C=O) groups is 1. The van der Waals surface area contributed by atoms with Crippen LogP contribution < -0.4 is 0 Å². The van der Waals surface area contributed by atoms with Gasteiger partial charge in [0.05, 0.1) is 12.6 Å². The van der Waals surface area contributed by atoms with Crippen molar-refractivity contribution in [2.45, 2.75) is 29.9 Å². The van der Waals surface area contributed by atoms with Gasteiger partial charge in [0.2, 0.25) is 10.0 Å². The van der Waals surface area contributed by atoms with Gasteiger partial charge >= 0.3 is 0 Å². The Bertz CT molecular complexity index is 1060. The van der Waals surface area contributed by atoms with Gasteiger partial charge in [-0.2, -0.15) is 4.31 Å². The summed E-state index contributed by atoms with van der Waals surface area (Å²) >= 11 is 6.06. The van der Waals surface area contributed by atoms with Crippen molar-refractivity contribution in [2.24, 2.45) is 0 Å². The van der Waals surface area contributed by atoms with Crippen LogP contribution in [0.3, 0.4) is 0 Å². The molecule has 29 heavy (non-hydrogen) atoms. The van der Waals surface area contributed by atoms with Gasteiger partial charge in [-0.15, -0.1) is 0 Å². The Morgan fingerprint density at radius 2 is 1.93 bits per heavy atom. The molecule has 6 nitrogen and oxygen atoms in total. The van der Waals surface area contributed by atoms with Crippen LogP contribution in [0.15, 0.2) is 54.6 Å². The third-order valence-corrected chi connectivity index (χ3v) is 8.62. The number of rotatable bonds is 3. The third-order valence-electron chi connectivity index (χ3n) is 6.07. The molecule has 0 aromatic heterocycles. The number of hydrogen-bond acceptors (Lipinski definition) is 4. The number of amides is 1. The van der Waals surface area contributed by atoms with Crippen LogP contribution in [0.5, 0.6) is 0 Å². The topological polar surface area (TPSA) is 66.9 Å². The first-order valence-electron chi connectivity index (χ1n) is 9.63. The van der Waals surface area contributed by atoms with E-state index in [0.29, 0.717) is 23.6 Å². The van der Waals surface area contributed by atoms with Gasteiger partial charge in [0, 0.05) is 30.2 Å². The molecular formula is C21H21ClN2O4S. The summed E-state index contributed by atoms with van der Waals surface area (Å²) in [5.74, 6) is -0.0791. The van der Waals surface area contributed by atoms with Crippen molar-refractivity contribution in [1.29, 1.82) is 0 Å². The van der Waals surface area contributed by atoms with Gasteiger partial charge in [-0.25, -0.2) is 8.42 Å². The van der Waals surface area contributed by atoms with Crippen LogP contribution in [0.4, 0.5) is 0 Å². The number of morpholine rings is 1. The minimum atomic E-state index is -3.53. The SMILES string of the molecule is O=C(c1ccccc1)N1C[C@@H]2C[C@@H]3[C@@](C1)(CN(Cc1cccc(Cl)c1)S3(=O)=O)O2. The molecule has 0 unspecified atom stereocenters. The summed E-state index contributed by atoms with van der Waals surface area (Å²) in [5, 5.41) is -0.0428. The van der Waals surface area contributed by atoms with Crippen LogP contribution in [0.1, 0.15) is 22.3 Å². The van der Waals surface area contributed by atoms with Gasteiger partial charge in [0.1, 0.15) is 10.9 Å². The molecule has 152 valence electrons. The van der Waals surface area contributed by atoms with Gasteiger partial charge < -0.3 is 9.64 Å². The standard InChI is InChI=1S/C21H21ClN2O4S/c22-17-8-4-5-15(9-17)11-24-14-21-13-23(20(25)16-6-2-1-3-7-16)12-18(28-21)10-19(21)29(24,26)27/h1-9,18-19H,10-14H2/t18-,19+,21+/m0/s1. The average Bonchev–Trinajstić information content (AvgIpc) is 3.07. The summed E-state index contributed by atoms with van der Waals surface area (Å²) in [7, 11) is -3.53. The minimum Gasteiger partial charge on any atom is -0.365 e. The first kappa shape index (κ1) is 19.1. The van der Waals surface area contributed by atoms with Crippen LogP contribution in [0, 0.1) is 0 Å². The highest BCUT2D eigenvalue weighted by atomic mass is 35.5. The predicted molar refractivity (Wildman–Crippen MR) is 109 cm³/mol. The molecular weight excluding hydrogens is 412 g/mol. The van der Waals surface area contributed by atoms with E-state index < -0.39 is 20.9 Å². The number of hydrogen-bond donors (Lipinski definition) is 0. The van der Waals surface area contributed by atoms with E-state index in [1.165, 1.54) is 4.31 Å². The average molecular weight is 433 g/mol. The second-order valence-electron chi connectivity index (χ2n) is 8.02. The molecule has 3 heterocycles. The van der Waals surface area contributed by atoms with E-state index >= 15 is 0 Å². The fourth-order valence-electron chi connectivity index (χ4n) is 4.85. The summed E-state index contributed by atoms with van der Waals surface area (Å²) < 4.78 is 34.2. The highest BCUT2D eigenvalue weighted by Gasteiger charge is 2.65. The largest absolute Gasteiger partial charge is 0.365 e. The maximum Gasteiger partial charge on any atom is 0.254 e. The normalized spacial score (nSPS) is 30.3. The number of sulfonamides is 1. The fraction of sp³-hybridized carbons (Fsp3) is 0.381. The van der Waals surface area contributed by atoms with E-state index in [4.69, 9.17) is 16.3 Å². The summed E-state index contributed by atoms with van der Waals surface area (Å²) in [4.78, 5) is 14.7. The maximum atomic E-state index is 13.3. The summed E-state index contributed by atoms with van der Waals surface area (Å²) in [6.07, 6.45) is 0.178.